The van der Waals surface area contributed by atoms with Crippen LogP contribution < -0.4 is 5.32 Å². The predicted molar refractivity (Wildman–Crippen MR) is 91.6 cm³/mol. The van der Waals surface area contributed by atoms with Gasteiger partial charge in [-0.05, 0) is 28.4 Å². The first-order valence-corrected chi connectivity index (χ1v) is 8.49. The molecule has 1 aliphatic rings. The number of hydrogen-bond acceptors (Lipinski definition) is 3. The van der Waals surface area contributed by atoms with Crippen molar-refractivity contribution in [2.75, 3.05) is 18.5 Å². The summed E-state index contributed by atoms with van der Waals surface area (Å²) in [5.41, 5.74) is 4.00. The van der Waals surface area contributed by atoms with Crippen LogP contribution in [0.3, 0.4) is 0 Å². The van der Waals surface area contributed by atoms with E-state index >= 15 is 0 Å². The fraction of sp³-hybridized carbons (Fsp3) is 0.400. The van der Waals surface area contributed by atoms with Gasteiger partial charge < -0.3 is 10.1 Å². The second kappa shape index (κ2) is 6.29. The molecule has 3 rings (SSSR count). The molecule has 0 spiro atoms. The molecular formula is C15H15BrCl2N2O. The van der Waals surface area contributed by atoms with E-state index in [1.54, 1.807) is 0 Å². The number of halogens is 3. The fourth-order valence-corrected chi connectivity index (χ4v) is 3.48. The lowest BCUT2D eigenvalue weighted by Crippen LogP contribution is -2.16. The Morgan fingerprint density at radius 3 is 2.95 bits per heavy atom. The van der Waals surface area contributed by atoms with Gasteiger partial charge in [0, 0.05) is 28.4 Å². The lowest BCUT2D eigenvalue weighted by molar-refractivity contribution is 0.110. The molecule has 2 aromatic rings. The highest BCUT2D eigenvalue weighted by Crippen LogP contribution is 2.41. The van der Waals surface area contributed by atoms with Crippen molar-refractivity contribution in [1.82, 2.24) is 4.98 Å². The number of rotatable bonds is 3. The minimum absolute atomic E-state index is 0.495. The zero-order valence-corrected chi connectivity index (χ0v) is 14.7. The summed E-state index contributed by atoms with van der Waals surface area (Å²) in [6.07, 6.45) is 1.85. The van der Waals surface area contributed by atoms with Crippen molar-refractivity contribution < 1.29 is 4.74 Å². The molecule has 0 radical (unpaired) electrons. The predicted octanol–water partition coefficient (Wildman–Crippen LogP) is 5.20. The topological polar surface area (TPSA) is 34.2 Å². The standard InChI is InChI=1S/C15H15BrCl2N2O/c1-2-4-19-14-8-6-10(16)12(17)13(18)15(8)20-11-3-5-21-7-9(11)14/h6H,2-5,7H2,1H3,(H,19,20). The zero-order chi connectivity index (χ0) is 15.0. The molecule has 0 saturated carbocycles. The van der Waals surface area contributed by atoms with E-state index in [2.05, 4.69) is 28.2 Å². The van der Waals surface area contributed by atoms with Gasteiger partial charge in [0.1, 0.15) is 0 Å². The van der Waals surface area contributed by atoms with Crippen LogP contribution in [0.2, 0.25) is 10.0 Å². The van der Waals surface area contributed by atoms with Crippen LogP contribution in [0.25, 0.3) is 10.9 Å². The van der Waals surface area contributed by atoms with Gasteiger partial charge in [-0.15, -0.1) is 0 Å². The van der Waals surface area contributed by atoms with Gasteiger partial charge in [0.05, 0.1) is 40.2 Å². The SMILES string of the molecule is CCCNc1c2c(nc3c(Cl)c(Cl)c(Br)cc13)CCOC2. The van der Waals surface area contributed by atoms with E-state index in [9.17, 15) is 0 Å². The van der Waals surface area contributed by atoms with Crippen LogP contribution in [0.15, 0.2) is 10.5 Å². The van der Waals surface area contributed by atoms with Crippen molar-refractivity contribution in [1.29, 1.82) is 0 Å². The Balaban J connectivity index is 2.31. The normalized spacial score (nSPS) is 14.3. The summed E-state index contributed by atoms with van der Waals surface area (Å²) in [6.45, 7) is 4.31. The molecule has 0 unspecified atom stereocenters. The summed E-state index contributed by atoms with van der Waals surface area (Å²) in [5, 5.41) is 5.48. The molecule has 2 heterocycles. The number of fused-ring (bicyclic) bond motifs is 2. The third kappa shape index (κ3) is 2.74. The molecule has 21 heavy (non-hydrogen) atoms. The number of nitrogens with zero attached hydrogens (tertiary/aromatic N) is 1. The highest BCUT2D eigenvalue weighted by atomic mass is 79.9. The number of benzene rings is 1. The lowest BCUT2D eigenvalue weighted by atomic mass is 10.0. The van der Waals surface area contributed by atoms with E-state index < -0.39 is 0 Å². The summed E-state index contributed by atoms with van der Waals surface area (Å²) >= 11 is 16.1. The van der Waals surface area contributed by atoms with E-state index in [0.717, 1.165) is 51.7 Å². The first-order chi connectivity index (χ1) is 10.1. The van der Waals surface area contributed by atoms with Gasteiger partial charge in [-0.1, -0.05) is 30.1 Å². The summed E-state index contributed by atoms with van der Waals surface area (Å²) in [5.74, 6) is 0. The summed E-state index contributed by atoms with van der Waals surface area (Å²) in [6, 6.07) is 1.98. The Hall–Kier alpha value is -0.550. The quantitative estimate of drug-likeness (QED) is 0.732. The van der Waals surface area contributed by atoms with Crippen molar-refractivity contribution in [3.05, 3.63) is 31.8 Å². The maximum Gasteiger partial charge on any atom is 0.0928 e. The third-order valence-corrected chi connectivity index (χ3v) is 5.30. The fourth-order valence-electron chi connectivity index (χ4n) is 2.55. The molecule has 0 saturated heterocycles. The molecule has 0 atom stereocenters. The number of nitrogens with one attached hydrogen (secondary N) is 1. The van der Waals surface area contributed by atoms with Crippen LogP contribution in [-0.4, -0.2) is 18.1 Å². The van der Waals surface area contributed by atoms with Crippen LogP contribution in [0, 0.1) is 0 Å². The molecule has 1 aromatic carbocycles. The van der Waals surface area contributed by atoms with Crippen LogP contribution >= 0.6 is 39.1 Å². The van der Waals surface area contributed by atoms with Crippen LogP contribution in [0.5, 0.6) is 0 Å². The van der Waals surface area contributed by atoms with Crippen molar-refractivity contribution >= 4 is 55.7 Å². The van der Waals surface area contributed by atoms with E-state index in [-0.39, 0.29) is 0 Å². The van der Waals surface area contributed by atoms with E-state index in [1.807, 2.05) is 6.07 Å². The van der Waals surface area contributed by atoms with Crippen LogP contribution in [0.1, 0.15) is 24.6 Å². The monoisotopic (exact) mass is 388 g/mol. The van der Waals surface area contributed by atoms with Gasteiger partial charge in [0.2, 0.25) is 0 Å². The molecule has 0 amide bonds. The Kier molecular flexibility index (Phi) is 4.60. The smallest absolute Gasteiger partial charge is 0.0928 e. The highest BCUT2D eigenvalue weighted by Gasteiger charge is 2.21. The molecule has 0 bridgehead atoms. The molecule has 1 aliphatic heterocycles. The first kappa shape index (κ1) is 15.3. The number of aromatic nitrogens is 1. The third-order valence-electron chi connectivity index (χ3n) is 3.58. The summed E-state index contributed by atoms with van der Waals surface area (Å²) < 4.78 is 6.38. The maximum absolute atomic E-state index is 6.40. The second-order valence-electron chi connectivity index (χ2n) is 5.02. The van der Waals surface area contributed by atoms with Gasteiger partial charge in [-0.3, -0.25) is 4.98 Å². The Labute approximate surface area is 142 Å². The molecule has 1 aromatic heterocycles. The van der Waals surface area contributed by atoms with E-state index in [4.69, 9.17) is 32.9 Å². The average molecular weight is 390 g/mol. The minimum atomic E-state index is 0.495. The molecule has 0 aliphatic carbocycles. The van der Waals surface area contributed by atoms with Crippen LogP contribution in [0.4, 0.5) is 5.69 Å². The van der Waals surface area contributed by atoms with Gasteiger partial charge in [-0.25, -0.2) is 0 Å². The maximum atomic E-state index is 6.40. The zero-order valence-electron chi connectivity index (χ0n) is 11.6. The van der Waals surface area contributed by atoms with Crippen molar-refractivity contribution in [2.24, 2.45) is 0 Å². The van der Waals surface area contributed by atoms with Gasteiger partial charge in [0.15, 0.2) is 0 Å². The summed E-state index contributed by atoms with van der Waals surface area (Å²) in [4.78, 5) is 4.73. The number of ether oxygens (including phenoxy) is 1. The highest BCUT2D eigenvalue weighted by molar-refractivity contribution is 9.10. The largest absolute Gasteiger partial charge is 0.384 e. The molecule has 0 fully saturated rings. The average Bonchev–Trinajstić information content (AvgIpc) is 2.50. The molecule has 3 nitrogen and oxygen atoms in total. The van der Waals surface area contributed by atoms with Crippen molar-refractivity contribution in [2.45, 2.75) is 26.4 Å². The Bertz CT molecular complexity index is 706. The van der Waals surface area contributed by atoms with Gasteiger partial charge in [-0.2, -0.15) is 0 Å². The van der Waals surface area contributed by atoms with Crippen LogP contribution in [-0.2, 0) is 17.8 Å². The minimum Gasteiger partial charge on any atom is -0.384 e. The number of hydrogen-bond donors (Lipinski definition) is 1. The Morgan fingerprint density at radius 2 is 2.19 bits per heavy atom. The number of pyridine rings is 1. The number of anilines is 1. The molecule has 1 N–H and O–H groups in total. The van der Waals surface area contributed by atoms with Crippen molar-refractivity contribution in [3.63, 3.8) is 0 Å². The van der Waals surface area contributed by atoms with Crippen molar-refractivity contribution in [3.8, 4) is 0 Å². The first-order valence-electron chi connectivity index (χ1n) is 6.94. The molecule has 6 heteroatoms. The van der Waals surface area contributed by atoms with Gasteiger partial charge >= 0.3 is 0 Å². The lowest BCUT2D eigenvalue weighted by Gasteiger charge is -2.22. The second-order valence-corrected chi connectivity index (χ2v) is 6.63. The summed E-state index contributed by atoms with van der Waals surface area (Å²) in [7, 11) is 0. The molecular weight excluding hydrogens is 375 g/mol. The Morgan fingerprint density at radius 1 is 1.38 bits per heavy atom. The van der Waals surface area contributed by atoms with E-state index in [1.165, 1.54) is 0 Å². The van der Waals surface area contributed by atoms with Gasteiger partial charge in [0.25, 0.3) is 0 Å². The molecule has 112 valence electrons. The van der Waals surface area contributed by atoms with E-state index in [0.29, 0.717) is 23.3 Å².